The number of phosphoric ester groups is 1. The lowest BCUT2D eigenvalue weighted by atomic mass is 10.0. The molecule has 0 heterocycles. The number of unbranched alkanes of at least 4 members (excludes halogenated alkanes) is 33. The molecule has 0 rings (SSSR count). The van der Waals surface area contributed by atoms with Crippen molar-refractivity contribution in [1.29, 1.82) is 0 Å². The Hall–Kier alpha value is -2.84. The van der Waals surface area contributed by atoms with Crippen molar-refractivity contribution in [2.24, 2.45) is 0 Å². The molecule has 0 aliphatic heterocycles. The summed E-state index contributed by atoms with van der Waals surface area (Å²) in [4.78, 5) is 25.6. The first-order chi connectivity index (χ1) is 40.0. The molecule has 9 heteroatoms. The number of aliphatic hydroxyl groups is 1. The first-order valence-corrected chi connectivity index (χ1v) is 35.7. The summed E-state index contributed by atoms with van der Waals surface area (Å²) in [7, 11) is 1.23. The van der Waals surface area contributed by atoms with Crippen molar-refractivity contribution >= 4 is 13.7 Å². The molecule has 0 aromatic carbocycles. The Labute approximate surface area is 508 Å². The van der Waals surface area contributed by atoms with Gasteiger partial charge in [0.2, 0.25) is 5.91 Å². The number of likely N-dealkylation sites (N-methyl/N-ethyl adjacent to an activating group) is 1. The molecule has 8 nitrogen and oxygen atoms in total. The van der Waals surface area contributed by atoms with E-state index in [0.717, 1.165) is 96.3 Å². The van der Waals surface area contributed by atoms with Crippen molar-refractivity contribution in [2.45, 2.75) is 309 Å². The van der Waals surface area contributed by atoms with Crippen molar-refractivity contribution in [3.63, 3.8) is 0 Å². The summed E-state index contributed by atoms with van der Waals surface area (Å²) in [5.74, 6) is -0.215. The number of allylic oxidation sites excluding steroid dienone is 17. The van der Waals surface area contributed by atoms with Crippen LogP contribution >= 0.6 is 7.82 Å². The monoisotopic (exact) mass is 1160 g/mol. The molecule has 3 unspecified atom stereocenters. The smallest absolute Gasteiger partial charge is 0.268 e. The van der Waals surface area contributed by atoms with E-state index >= 15 is 0 Å². The maximum absolute atomic E-state index is 13.0. The van der Waals surface area contributed by atoms with Crippen molar-refractivity contribution in [2.75, 3.05) is 40.9 Å². The van der Waals surface area contributed by atoms with Crippen LogP contribution in [0, 0.1) is 0 Å². The van der Waals surface area contributed by atoms with Crippen LogP contribution in [0.15, 0.2) is 109 Å². The molecule has 0 radical (unpaired) electrons. The van der Waals surface area contributed by atoms with Gasteiger partial charge >= 0.3 is 0 Å². The standard InChI is InChI=1S/C73H131N2O6P/c1-6-8-10-12-14-16-18-20-22-24-26-28-30-32-34-36-37-39-41-43-45-47-49-51-53-55-57-59-61-63-65-67-73(77)74-71(70-81-82(78,79)80-69-68-75(3,4)5)72(76)66-64-62-60-58-56-54-52-50-48-46-44-42-40-38-35-33-31-29-27-25-23-21-19-17-15-13-11-9-7-2/h8,10,14,16,20,22,26,28,32,34,37,39,43,45,56,58,64,66,71-72,76H,6-7,9,11-13,15,17-19,21,23-25,27,29-31,33,35-36,38,40-42,44,46-55,57,59-63,65,67-70H2,1-5H3,(H-,74,77,78,79)/b10-8-,16-14-,22-20-,28-26-,34-32-,39-37-,45-43-,58-56+,66-64+. The number of aliphatic hydroxyl groups excluding tert-OH is 1. The van der Waals surface area contributed by atoms with Gasteiger partial charge in [-0.1, -0.05) is 309 Å². The molecule has 0 aromatic rings. The first-order valence-electron chi connectivity index (χ1n) is 34.2. The highest BCUT2D eigenvalue weighted by Crippen LogP contribution is 2.38. The third-order valence-corrected chi connectivity index (χ3v) is 15.9. The fraction of sp³-hybridized carbons (Fsp3) is 0.740. The van der Waals surface area contributed by atoms with E-state index in [4.69, 9.17) is 9.05 Å². The van der Waals surface area contributed by atoms with Crippen LogP contribution in [-0.4, -0.2) is 68.5 Å². The fourth-order valence-electron chi connectivity index (χ4n) is 9.68. The second-order valence-corrected chi connectivity index (χ2v) is 25.6. The van der Waals surface area contributed by atoms with E-state index in [9.17, 15) is 19.4 Å². The average molecular weight is 1160 g/mol. The molecule has 0 aliphatic carbocycles. The van der Waals surface area contributed by atoms with Gasteiger partial charge in [-0.3, -0.25) is 9.36 Å². The summed E-state index contributed by atoms with van der Waals surface area (Å²) in [5.41, 5.74) is 0. The van der Waals surface area contributed by atoms with E-state index in [1.807, 2.05) is 27.2 Å². The topological polar surface area (TPSA) is 108 Å². The van der Waals surface area contributed by atoms with E-state index < -0.39 is 26.6 Å². The van der Waals surface area contributed by atoms with Crippen LogP contribution in [0.1, 0.15) is 296 Å². The number of phosphoric acid groups is 1. The molecule has 82 heavy (non-hydrogen) atoms. The van der Waals surface area contributed by atoms with Gasteiger partial charge in [-0.2, -0.15) is 0 Å². The van der Waals surface area contributed by atoms with Gasteiger partial charge < -0.3 is 28.8 Å². The number of carbonyl (C=O) groups excluding carboxylic acids is 1. The third-order valence-electron chi connectivity index (χ3n) is 15.0. The molecule has 0 saturated heterocycles. The highest BCUT2D eigenvalue weighted by atomic mass is 31.2. The second-order valence-electron chi connectivity index (χ2n) is 24.1. The highest BCUT2D eigenvalue weighted by Gasteiger charge is 2.23. The van der Waals surface area contributed by atoms with Crippen molar-refractivity contribution in [3.8, 4) is 0 Å². The van der Waals surface area contributed by atoms with Gasteiger partial charge in [0.15, 0.2) is 0 Å². The quantitative estimate of drug-likeness (QED) is 0.0272. The van der Waals surface area contributed by atoms with Crippen LogP contribution in [-0.2, 0) is 18.4 Å². The van der Waals surface area contributed by atoms with Crippen LogP contribution in [0.4, 0.5) is 0 Å². The van der Waals surface area contributed by atoms with Gasteiger partial charge in [0.25, 0.3) is 7.82 Å². The summed E-state index contributed by atoms with van der Waals surface area (Å²) in [5, 5.41) is 13.9. The molecule has 0 spiro atoms. The Kier molecular flexibility index (Phi) is 60.5. The van der Waals surface area contributed by atoms with Crippen LogP contribution in [0.2, 0.25) is 0 Å². The summed E-state index contributed by atoms with van der Waals surface area (Å²) >= 11 is 0. The van der Waals surface area contributed by atoms with E-state index in [1.165, 1.54) is 180 Å². The molecule has 2 N–H and O–H groups in total. The maximum atomic E-state index is 13.0. The SMILES string of the molecule is CC/C=C\C/C=C\C/C=C\C/C=C\C/C=C\C/C=C\C/C=C\CCCCCCCCCCCC(=O)NC(COP(=O)([O-])OCC[N+](C)(C)C)C(O)/C=C/CC/C=C/CCCCCCCCCCCCCCCCCCCCCCCCC. The zero-order valence-electron chi connectivity index (χ0n) is 54.2. The number of nitrogens with zero attached hydrogens (tertiary/aromatic N) is 1. The number of hydrogen-bond donors (Lipinski definition) is 2. The fourth-order valence-corrected chi connectivity index (χ4v) is 10.4. The second kappa shape index (κ2) is 62.7. The van der Waals surface area contributed by atoms with Gasteiger partial charge in [0, 0.05) is 6.42 Å². The normalized spacial score (nSPS) is 14.4. The highest BCUT2D eigenvalue weighted by molar-refractivity contribution is 7.45. The molecule has 3 atom stereocenters. The van der Waals surface area contributed by atoms with Crippen molar-refractivity contribution < 1.29 is 32.9 Å². The number of nitrogens with one attached hydrogen (secondary N) is 1. The van der Waals surface area contributed by atoms with Crippen molar-refractivity contribution in [1.82, 2.24) is 5.32 Å². The molecule has 0 fully saturated rings. The maximum Gasteiger partial charge on any atom is 0.268 e. The Morgan fingerprint density at radius 1 is 0.439 bits per heavy atom. The van der Waals surface area contributed by atoms with E-state index in [1.54, 1.807) is 6.08 Å². The van der Waals surface area contributed by atoms with Crippen LogP contribution in [0.3, 0.4) is 0 Å². The Morgan fingerprint density at radius 3 is 1.13 bits per heavy atom. The summed E-state index contributed by atoms with van der Waals surface area (Å²) < 4.78 is 23.4. The minimum atomic E-state index is -4.62. The third kappa shape index (κ3) is 64.7. The minimum absolute atomic E-state index is 0.0125. The summed E-state index contributed by atoms with van der Waals surface area (Å²) in [6.07, 6.45) is 92.0. The predicted molar refractivity (Wildman–Crippen MR) is 357 cm³/mol. The zero-order valence-corrected chi connectivity index (χ0v) is 55.1. The molecule has 0 saturated carbocycles. The Bertz CT molecular complexity index is 1700. The van der Waals surface area contributed by atoms with Gasteiger partial charge in [-0.05, 0) is 89.9 Å². The van der Waals surface area contributed by atoms with Gasteiger partial charge in [0.1, 0.15) is 13.2 Å². The molecule has 1 amide bonds. The number of hydrogen-bond acceptors (Lipinski definition) is 6. The van der Waals surface area contributed by atoms with E-state index in [0.29, 0.717) is 17.4 Å². The van der Waals surface area contributed by atoms with Gasteiger partial charge in [0.05, 0.1) is 39.9 Å². The molecule has 0 aromatic heterocycles. The molecule has 0 bridgehead atoms. The lowest BCUT2D eigenvalue weighted by Crippen LogP contribution is -2.45. The average Bonchev–Trinajstić information content (AvgIpc) is 3.47. The molecular weight excluding hydrogens is 1030 g/mol. The van der Waals surface area contributed by atoms with Gasteiger partial charge in [-0.25, -0.2) is 0 Å². The predicted octanol–water partition coefficient (Wildman–Crippen LogP) is 21.2. The zero-order chi connectivity index (χ0) is 59.8. The number of quaternary nitrogens is 1. The lowest BCUT2D eigenvalue weighted by molar-refractivity contribution is -0.870. The number of rotatable bonds is 62. The summed E-state index contributed by atoms with van der Waals surface area (Å²) in [6, 6.07) is -0.916. The van der Waals surface area contributed by atoms with Crippen LogP contribution < -0.4 is 10.2 Å². The molecular formula is C73H131N2O6P. The van der Waals surface area contributed by atoms with Crippen LogP contribution in [0.25, 0.3) is 0 Å². The number of amides is 1. The van der Waals surface area contributed by atoms with E-state index in [2.05, 4.69) is 116 Å². The van der Waals surface area contributed by atoms with Crippen molar-refractivity contribution in [3.05, 3.63) is 109 Å². The Morgan fingerprint density at radius 2 is 0.756 bits per heavy atom. The Balaban J connectivity index is 4.18. The molecule has 0 aliphatic rings. The lowest BCUT2D eigenvalue weighted by Gasteiger charge is -2.29. The van der Waals surface area contributed by atoms with E-state index in [-0.39, 0.29) is 12.5 Å². The summed E-state index contributed by atoms with van der Waals surface area (Å²) in [6.45, 7) is 4.53. The van der Waals surface area contributed by atoms with Crippen LogP contribution in [0.5, 0.6) is 0 Å². The first kappa shape index (κ1) is 79.2. The minimum Gasteiger partial charge on any atom is -0.756 e. The van der Waals surface area contributed by atoms with Gasteiger partial charge in [-0.15, -0.1) is 0 Å². The molecule has 474 valence electrons. The largest absolute Gasteiger partial charge is 0.756 e. The number of carbonyl (C=O) groups is 1.